The average molecular weight is 360 g/mol. The van der Waals surface area contributed by atoms with Crippen LogP contribution in [0, 0.1) is 0 Å². The topological polar surface area (TPSA) is 44.8 Å². The second kappa shape index (κ2) is 8.34. The molecule has 0 bridgehead atoms. The molecule has 1 heterocycles. The first-order valence-electron chi connectivity index (χ1n) is 8.33. The van der Waals surface area contributed by atoms with Crippen LogP contribution in [-0.2, 0) is 6.54 Å². The molecule has 1 N–H and O–H groups in total. The predicted octanol–water partition coefficient (Wildman–Crippen LogP) is 3.70. The molecule has 2 aromatic rings. The van der Waals surface area contributed by atoms with E-state index in [0.29, 0.717) is 16.5 Å². The third-order valence-electron chi connectivity index (χ3n) is 4.24. The van der Waals surface area contributed by atoms with Gasteiger partial charge in [-0.3, -0.25) is 10.2 Å². The summed E-state index contributed by atoms with van der Waals surface area (Å²) in [5, 5.41) is 3.35. The Bertz CT molecular complexity index is 716. The second-order valence-electron chi connectivity index (χ2n) is 6.21. The van der Waals surface area contributed by atoms with Crippen molar-refractivity contribution < 1.29 is 9.53 Å². The quantitative estimate of drug-likeness (QED) is 0.904. The van der Waals surface area contributed by atoms with Crippen LogP contribution in [0.4, 0.5) is 10.5 Å². The molecule has 1 aliphatic rings. The number of para-hydroxylation sites is 1. The zero-order valence-corrected chi connectivity index (χ0v) is 15.0. The molecule has 1 amide bonds. The summed E-state index contributed by atoms with van der Waals surface area (Å²) in [5.41, 5.74) is 1.68. The Balaban J connectivity index is 1.57. The highest BCUT2D eigenvalue weighted by Gasteiger charge is 2.15. The third kappa shape index (κ3) is 5.19. The minimum absolute atomic E-state index is 0.498. The molecule has 132 valence electrons. The van der Waals surface area contributed by atoms with Crippen molar-refractivity contribution >= 4 is 23.4 Å². The zero-order chi connectivity index (χ0) is 17.6. The highest BCUT2D eigenvalue weighted by atomic mass is 35.5. The molecule has 5 nitrogen and oxygen atoms in total. The van der Waals surface area contributed by atoms with Crippen molar-refractivity contribution in [3.05, 3.63) is 59.1 Å². The summed E-state index contributed by atoms with van der Waals surface area (Å²) in [6.07, 6.45) is -0.533. The number of ether oxygens (including phenoxy) is 1. The number of amides is 1. The van der Waals surface area contributed by atoms with E-state index in [1.54, 1.807) is 18.2 Å². The van der Waals surface area contributed by atoms with Gasteiger partial charge in [0.2, 0.25) is 0 Å². The van der Waals surface area contributed by atoms with E-state index in [9.17, 15) is 4.79 Å². The van der Waals surface area contributed by atoms with Crippen molar-refractivity contribution in [1.29, 1.82) is 0 Å². The highest BCUT2D eigenvalue weighted by molar-refractivity contribution is 6.31. The maximum Gasteiger partial charge on any atom is 0.417 e. The van der Waals surface area contributed by atoms with Gasteiger partial charge in [-0.25, -0.2) is 4.79 Å². The molecule has 0 unspecified atom stereocenters. The molecule has 0 atom stereocenters. The number of hydrogen-bond acceptors (Lipinski definition) is 4. The monoisotopic (exact) mass is 359 g/mol. The van der Waals surface area contributed by atoms with Crippen molar-refractivity contribution in [2.45, 2.75) is 6.54 Å². The molecule has 6 heteroatoms. The van der Waals surface area contributed by atoms with Crippen molar-refractivity contribution in [2.75, 3.05) is 38.5 Å². The second-order valence-corrected chi connectivity index (χ2v) is 6.62. The number of nitrogens with zero attached hydrogens (tertiary/aromatic N) is 2. The van der Waals surface area contributed by atoms with Crippen molar-refractivity contribution in [3.8, 4) is 5.75 Å². The molecule has 2 aromatic carbocycles. The van der Waals surface area contributed by atoms with E-state index in [-0.39, 0.29) is 0 Å². The molecule has 0 radical (unpaired) electrons. The van der Waals surface area contributed by atoms with Gasteiger partial charge >= 0.3 is 6.09 Å². The van der Waals surface area contributed by atoms with Gasteiger partial charge in [0.15, 0.2) is 0 Å². The number of hydrogen-bond donors (Lipinski definition) is 1. The van der Waals surface area contributed by atoms with Gasteiger partial charge in [0.05, 0.1) is 0 Å². The van der Waals surface area contributed by atoms with Crippen LogP contribution in [0.15, 0.2) is 48.5 Å². The Kier molecular flexibility index (Phi) is 5.91. The summed E-state index contributed by atoms with van der Waals surface area (Å²) in [4.78, 5) is 16.6. The van der Waals surface area contributed by atoms with Gasteiger partial charge in [0.1, 0.15) is 5.75 Å². The molecule has 0 aliphatic carbocycles. The van der Waals surface area contributed by atoms with Gasteiger partial charge in [0.25, 0.3) is 0 Å². The molecule has 0 spiro atoms. The van der Waals surface area contributed by atoms with Crippen molar-refractivity contribution in [2.24, 2.45) is 0 Å². The van der Waals surface area contributed by atoms with Gasteiger partial charge in [-0.15, -0.1) is 0 Å². The fourth-order valence-corrected chi connectivity index (χ4v) is 2.98. The SMILES string of the molecule is CN1CCN(Cc2ccc(NC(=O)Oc3ccccc3)cc2Cl)CC1. The van der Waals surface area contributed by atoms with Gasteiger partial charge in [0, 0.05) is 43.4 Å². The molecular formula is C19H22ClN3O2. The fraction of sp³-hybridized carbons (Fsp3) is 0.316. The highest BCUT2D eigenvalue weighted by Crippen LogP contribution is 2.23. The lowest BCUT2D eigenvalue weighted by molar-refractivity contribution is 0.148. The number of rotatable bonds is 4. The number of anilines is 1. The third-order valence-corrected chi connectivity index (χ3v) is 4.59. The summed E-state index contributed by atoms with van der Waals surface area (Å²) in [7, 11) is 2.14. The Morgan fingerprint density at radius 1 is 1.12 bits per heavy atom. The van der Waals surface area contributed by atoms with Gasteiger partial charge in [-0.1, -0.05) is 35.9 Å². The summed E-state index contributed by atoms with van der Waals surface area (Å²) in [6.45, 7) is 5.04. The maximum absolute atomic E-state index is 11.9. The Morgan fingerprint density at radius 2 is 1.84 bits per heavy atom. The van der Waals surface area contributed by atoms with E-state index in [4.69, 9.17) is 16.3 Å². The minimum atomic E-state index is -0.533. The first kappa shape index (κ1) is 17.7. The predicted molar refractivity (Wildman–Crippen MR) is 100 cm³/mol. The molecule has 1 saturated heterocycles. The maximum atomic E-state index is 11.9. The molecule has 1 fully saturated rings. The average Bonchev–Trinajstić information content (AvgIpc) is 2.60. The van der Waals surface area contributed by atoms with Gasteiger partial charge in [-0.2, -0.15) is 0 Å². The lowest BCUT2D eigenvalue weighted by Gasteiger charge is -2.32. The molecule has 0 saturated carbocycles. The summed E-state index contributed by atoms with van der Waals surface area (Å²) >= 11 is 6.39. The molecular weight excluding hydrogens is 338 g/mol. The first-order chi connectivity index (χ1) is 12.1. The zero-order valence-electron chi connectivity index (χ0n) is 14.2. The molecule has 3 rings (SSSR count). The summed E-state index contributed by atoms with van der Waals surface area (Å²) < 4.78 is 5.21. The van der Waals surface area contributed by atoms with Crippen LogP contribution < -0.4 is 10.1 Å². The number of piperazine rings is 1. The molecule has 1 aliphatic heterocycles. The fourth-order valence-electron chi connectivity index (χ4n) is 2.74. The standard InChI is InChI=1S/C19H22ClN3O2/c1-22-9-11-23(12-10-22)14-15-7-8-16(13-18(15)20)21-19(24)25-17-5-3-2-4-6-17/h2-8,13H,9-12,14H2,1H3,(H,21,24). The van der Waals surface area contributed by atoms with E-state index < -0.39 is 6.09 Å². The van der Waals surface area contributed by atoms with Crippen molar-refractivity contribution in [3.63, 3.8) is 0 Å². The van der Waals surface area contributed by atoms with Crippen LogP contribution in [0.3, 0.4) is 0 Å². The Hall–Kier alpha value is -2.08. The van der Waals surface area contributed by atoms with Gasteiger partial charge in [-0.05, 0) is 36.9 Å². The van der Waals surface area contributed by atoms with E-state index in [1.807, 2.05) is 30.3 Å². The van der Waals surface area contributed by atoms with E-state index in [0.717, 1.165) is 38.3 Å². The van der Waals surface area contributed by atoms with Crippen LogP contribution in [0.1, 0.15) is 5.56 Å². The van der Waals surface area contributed by atoms with Crippen LogP contribution in [0.2, 0.25) is 5.02 Å². The van der Waals surface area contributed by atoms with E-state index in [1.165, 1.54) is 0 Å². The van der Waals surface area contributed by atoms with Crippen molar-refractivity contribution in [1.82, 2.24) is 9.80 Å². The number of nitrogens with one attached hydrogen (secondary N) is 1. The number of benzene rings is 2. The smallest absolute Gasteiger partial charge is 0.410 e. The van der Waals surface area contributed by atoms with Crippen LogP contribution >= 0.6 is 11.6 Å². The first-order valence-corrected chi connectivity index (χ1v) is 8.71. The normalized spacial score (nSPS) is 15.8. The van der Waals surface area contributed by atoms with Gasteiger partial charge < -0.3 is 9.64 Å². The lowest BCUT2D eigenvalue weighted by Crippen LogP contribution is -2.43. The number of halogens is 1. The Labute approximate surface area is 153 Å². The largest absolute Gasteiger partial charge is 0.417 e. The summed E-state index contributed by atoms with van der Waals surface area (Å²) in [6, 6.07) is 14.5. The summed E-state index contributed by atoms with van der Waals surface area (Å²) in [5.74, 6) is 0.498. The minimum Gasteiger partial charge on any atom is -0.410 e. The van der Waals surface area contributed by atoms with Crippen LogP contribution in [0.5, 0.6) is 5.75 Å². The number of carbonyl (C=O) groups is 1. The van der Waals surface area contributed by atoms with Crippen LogP contribution in [-0.4, -0.2) is 49.1 Å². The van der Waals surface area contributed by atoms with E-state index >= 15 is 0 Å². The molecule has 0 aromatic heterocycles. The van der Waals surface area contributed by atoms with E-state index in [2.05, 4.69) is 22.2 Å². The number of likely N-dealkylation sites (N-methyl/N-ethyl adjacent to an activating group) is 1. The van der Waals surface area contributed by atoms with Crippen LogP contribution in [0.25, 0.3) is 0 Å². The Morgan fingerprint density at radius 3 is 2.52 bits per heavy atom. The number of carbonyl (C=O) groups excluding carboxylic acids is 1. The lowest BCUT2D eigenvalue weighted by atomic mass is 10.1. The molecule has 25 heavy (non-hydrogen) atoms.